The lowest BCUT2D eigenvalue weighted by molar-refractivity contribution is 0.0697. The molecule has 0 spiro atoms. The fraction of sp³-hybridized carbons (Fsp3) is 0.250. The zero-order chi connectivity index (χ0) is 13.9. The van der Waals surface area contributed by atoms with E-state index in [9.17, 15) is 9.90 Å². The lowest BCUT2D eigenvalue weighted by atomic mass is 9.99. The number of hydrogen-bond acceptors (Lipinski definition) is 3. The number of carboxylic acid groups (broad SMARTS) is 1. The molecule has 102 valence electrons. The van der Waals surface area contributed by atoms with Crippen LogP contribution in [0.4, 0.5) is 5.69 Å². The molecule has 0 radical (unpaired) electrons. The molecule has 4 nitrogen and oxygen atoms in total. The first-order valence-corrected chi connectivity index (χ1v) is 6.73. The standard InChI is InChI=1S/C16H16N2O2/c19-16(20)14-10-17-8-6-15(14)18-9-7-13(11-18)12-4-2-1-3-5-12/h1-6,8,10,13H,7,9,11H2,(H,19,20). The van der Waals surface area contributed by atoms with Gasteiger partial charge in [-0.05, 0) is 18.1 Å². The fourth-order valence-corrected chi connectivity index (χ4v) is 2.80. The quantitative estimate of drug-likeness (QED) is 0.930. The molecule has 2 heterocycles. The highest BCUT2D eigenvalue weighted by Gasteiger charge is 2.26. The fourth-order valence-electron chi connectivity index (χ4n) is 2.80. The van der Waals surface area contributed by atoms with Gasteiger partial charge in [0.25, 0.3) is 0 Å². The van der Waals surface area contributed by atoms with Crippen molar-refractivity contribution in [2.24, 2.45) is 0 Å². The van der Waals surface area contributed by atoms with Crippen LogP contribution in [0.2, 0.25) is 0 Å². The molecule has 0 bridgehead atoms. The van der Waals surface area contributed by atoms with E-state index in [0.717, 1.165) is 25.2 Å². The number of hydrogen-bond donors (Lipinski definition) is 1. The Morgan fingerprint density at radius 1 is 1.25 bits per heavy atom. The molecule has 1 saturated heterocycles. The van der Waals surface area contributed by atoms with Gasteiger partial charge in [-0.3, -0.25) is 4.98 Å². The number of anilines is 1. The van der Waals surface area contributed by atoms with Crippen molar-refractivity contribution in [1.82, 2.24) is 4.98 Å². The number of nitrogens with zero attached hydrogens (tertiary/aromatic N) is 2. The Balaban J connectivity index is 1.83. The Morgan fingerprint density at radius 3 is 2.80 bits per heavy atom. The molecule has 2 aromatic rings. The summed E-state index contributed by atoms with van der Waals surface area (Å²) < 4.78 is 0. The third-order valence-electron chi connectivity index (χ3n) is 3.83. The molecule has 0 aliphatic carbocycles. The summed E-state index contributed by atoms with van der Waals surface area (Å²) in [6.45, 7) is 1.73. The van der Waals surface area contributed by atoms with Gasteiger partial charge in [0.2, 0.25) is 0 Å². The second-order valence-electron chi connectivity index (χ2n) is 5.04. The van der Waals surface area contributed by atoms with E-state index in [1.165, 1.54) is 11.8 Å². The summed E-state index contributed by atoms with van der Waals surface area (Å²) in [5.74, 6) is -0.456. The number of pyridine rings is 1. The van der Waals surface area contributed by atoms with Crippen LogP contribution in [0.25, 0.3) is 0 Å². The summed E-state index contributed by atoms with van der Waals surface area (Å²) in [5, 5.41) is 9.24. The van der Waals surface area contributed by atoms with E-state index >= 15 is 0 Å². The van der Waals surface area contributed by atoms with Crippen molar-refractivity contribution in [3.8, 4) is 0 Å². The molecule has 1 unspecified atom stereocenters. The number of aromatic carboxylic acids is 1. The molecule has 0 saturated carbocycles. The van der Waals surface area contributed by atoms with Gasteiger partial charge in [0.15, 0.2) is 0 Å². The smallest absolute Gasteiger partial charge is 0.339 e. The van der Waals surface area contributed by atoms with Gasteiger partial charge in [-0.25, -0.2) is 4.79 Å². The molecule has 20 heavy (non-hydrogen) atoms. The van der Waals surface area contributed by atoms with Crippen molar-refractivity contribution in [2.45, 2.75) is 12.3 Å². The van der Waals surface area contributed by atoms with Crippen LogP contribution < -0.4 is 4.90 Å². The van der Waals surface area contributed by atoms with Crippen molar-refractivity contribution in [2.75, 3.05) is 18.0 Å². The van der Waals surface area contributed by atoms with Crippen molar-refractivity contribution in [3.05, 3.63) is 59.9 Å². The number of rotatable bonds is 3. The van der Waals surface area contributed by atoms with Crippen LogP contribution in [0, 0.1) is 0 Å². The van der Waals surface area contributed by atoms with Gasteiger partial charge in [-0.2, -0.15) is 0 Å². The normalized spacial score (nSPS) is 18.2. The van der Waals surface area contributed by atoms with E-state index in [2.05, 4.69) is 22.0 Å². The van der Waals surface area contributed by atoms with Crippen molar-refractivity contribution < 1.29 is 9.90 Å². The second-order valence-corrected chi connectivity index (χ2v) is 5.04. The number of carboxylic acids is 1. The van der Waals surface area contributed by atoms with Gasteiger partial charge in [0.05, 0.1) is 5.69 Å². The number of benzene rings is 1. The van der Waals surface area contributed by atoms with Gasteiger partial charge < -0.3 is 10.0 Å². The first kappa shape index (κ1) is 12.7. The summed E-state index contributed by atoms with van der Waals surface area (Å²) in [6, 6.07) is 12.2. The molecule has 1 atom stereocenters. The average molecular weight is 268 g/mol. The highest BCUT2D eigenvalue weighted by atomic mass is 16.4. The van der Waals surface area contributed by atoms with E-state index < -0.39 is 5.97 Å². The minimum atomic E-state index is -0.920. The summed E-state index contributed by atoms with van der Waals surface area (Å²) in [5.41, 5.74) is 2.37. The van der Waals surface area contributed by atoms with Crippen LogP contribution in [0.5, 0.6) is 0 Å². The maximum atomic E-state index is 11.3. The minimum Gasteiger partial charge on any atom is -0.478 e. The number of carbonyl (C=O) groups is 1. The molecule has 1 fully saturated rings. The maximum absolute atomic E-state index is 11.3. The average Bonchev–Trinajstić information content (AvgIpc) is 2.98. The molecular weight excluding hydrogens is 252 g/mol. The van der Waals surface area contributed by atoms with Gasteiger partial charge in [0, 0.05) is 31.4 Å². The monoisotopic (exact) mass is 268 g/mol. The molecular formula is C16H16N2O2. The molecule has 4 heteroatoms. The molecule has 1 aromatic heterocycles. The zero-order valence-corrected chi connectivity index (χ0v) is 11.1. The lowest BCUT2D eigenvalue weighted by Gasteiger charge is -2.20. The van der Waals surface area contributed by atoms with Crippen LogP contribution in [0.3, 0.4) is 0 Å². The summed E-state index contributed by atoms with van der Waals surface area (Å²) in [6.07, 6.45) is 4.12. The highest BCUT2D eigenvalue weighted by molar-refractivity contribution is 5.94. The molecule has 1 N–H and O–H groups in total. The van der Waals surface area contributed by atoms with Crippen LogP contribution in [0.15, 0.2) is 48.8 Å². The van der Waals surface area contributed by atoms with Crippen LogP contribution >= 0.6 is 0 Å². The predicted molar refractivity (Wildman–Crippen MR) is 77.2 cm³/mol. The van der Waals surface area contributed by atoms with E-state index in [0.29, 0.717) is 5.92 Å². The van der Waals surface area contributed by atoms with E-state index in [-0.39, 0.29) is 5.56 Å². The molecule has 1 aliphatic rings. The Labute approximate surface area is 117 Å². The van der Waals surface area contributed by atoms with Gasteiger partial charge in [-0.15, -0.1) is 0 Å². The highest BCUT2D eigenvalue weighted by Crippen LogP contribution is 2.32. The topological polar surface area (TPSA) is 53.4 Å². The molecule has 1 aliphatic heterocycles. The van der Waals surface area contributed by atoms with E-state index in [1.54, 1.807) is 12.3 Å². The van der Waals surface area contributed by atoms with Gasteiger partial charge in [0.1, 0.15) is 5.56 Å². The Morgan fingerprint density at radius 2 is 2.05 bits per heavy atom. The SMILES string of the molecule is O=C(O)c1cnccc1N1CCC(c2ccccc2)C1. The predicted octanol–water partition coefficient (Wildman–Crippen LogP) is 2.77. The number of aromatic nitrogens is 1. The molecule has 0 amide bonds. The second kappa shape index (κ2) is 5.33. The Kier molecular flexibility index (Phi) is 3.37. The molecule has 1 aromatic carbocycles. The van der Waals surface area contributed by atoms with E-state index in [1.807, 2.05) is 18.2 Å². The third-order valence-corrected chi connectivity index (χ3v) is 3.83. The van der Waals surface area contributed by atoms with Gasteiger partial charge in [-0.1, -0.05) is 30.3 Å². The van der Waals surface area contributed by atoms with Gasteiger partial charge >= 0.3 is 5.97 Å². The van der Waals surface area contributed by atoms with Crippen molar-refractivity contribution in [1.29, 1.82) is 0 Å². The van der Waals surface area contributed by atoms with Crippen molar-refractivity contribution in [3.63, 3.8) is 0 Å². The minimum absolute atomic E-state index is 0.279. The van der Waals surface area contributed by atoms with Crippen LogP contribution in [-0.2, 0) is 0 Å². The van der Waals surface area contributed by atoms with Crippen molar-refractivity contribution >= 4 is 11.7 Å². The first-order chi connectivity index (χ1) is 9.75. The third kappa shape index (κ3) is 2.37. The summed E-state index contributed by atoms with van der Waals surface area (Å²) in [7, 11) is 0. The van der Waals surface area contributed by atoms with Crippen LogP contribution in [-0.4, -0.2) is 29.1 Å². The maximum Gasteiger partial charge on any atom is 0.339 e. The largest absolute Gasteiger partial charge is 0.478 e. The lowest BCUT2D eigenvalue weighted by Crippen LogP contribution is -2.22. The first-order valence-electron chi connectivity index (χ1n) is 6.73. The summed E-state index contributed by atoms with van der Waals surface area (Å²) in [4.78, 5) is 17.3. The van der Waals surface area contributed by atoms with E-state index in [4.69, 9.17) is 0 Å². The Bertz CT molecular complexity index is 613. The summed E-state index contributed by atoms with van der Waals surface area (Å²) >= 11 is 0. The zero-order valence-electron chi connectivity index (χ0n) is 11.1. The molecule has 3 rings (SSSR count). The van der Waals surface area contributed by atoms with Crippen LogP contribution in [0.1, 0.15) is 28.3 Å². The Hall–Kier alpha value is -2.36.